The number of hydrogen-bond acceptors (Lipinski definition) is 11. The van der Waals surface area contributed by atoms with Gasteiger partial charge in [-0.1, -0.05) is 25.0 Å². The molecule has 16 nitrogen and oxygen atoms in total. The Labute approximate surface area is 298 Å². The maximum Gasteiger partial charge on any atom is 0.408 e. The number of sulfonamides is 1. The first-order chi connectivity index (χ1) is 24.0. The average molecular weight is 731 g/mol. The molecule has 2 aromatic heterocycles. The van der Waals surface area contributed by atoms with Crippen molar-refractivity contribution in [2.75, 3.05) is 6.54 Å². The number of carbonyl (C=O) groups is 4. The number of rotatable bonds is 16. The molecule has 51 heavy (non-hydrogen) atoms. The number of primary amides is 1. The second kappa shape index (κ2) is 15.5. The van der Waals surface area contributed by atoms with Crippen molar-refractivity contribution in [2.24, 2.45) is 17.6 Å². The number of nitrogens with one attached hydrogen (secondary N) is 2. The van der Waals surface area contributed by atoms with E-state index in [2.05, 4.69) is 25.0 Å². The van der Waals surface area contributed by atoms with Crippen LogP contribution in [-0.4, -0.2) is 92.2 Å². The summed E-state index contributed by atoms with van der Waals surface area (Å²) >= 11 is 0. The van der Waals surface area contributed by atoms with Crippen molar-refractivity contribution in [3.05, 3.63) is 24.7 Å². The molecule has 3 aliphatic rings. The van der Waals surface area contributed by atoms with Gasteiger partial charge in [-0.25, -0.2) is 23.2 Å². The number of fused-ring (bicyclic) bond motifs is 1. The van der Waals surface area contributed by atoms with Crippen LogP contribution >= 0.6 is 0 Å². The highest BCUT2D eigenvalue weighted by molar-refractivity contribution is 7.90. The molecule has 3 heterocycles. The zero-order chi connectivity index (χ0) is 37.1. The van der Waals surface area contributed by atoms with Crippen molar-refractivity contribution in [3.63, 3.8) is 0 Å². The highest BCUT2D eigenvalue weighted by atomic mass is 32.2. The third kappa shape index (κ3) is 10.2. The first-order valence-electron chi connectivity index (χ1n) is 17.7. The quantitative estimate of drug-likeness (QED) is 0.168. The Hall–Kier alpha value is -4.28. The molecule has 2 aliphatic carbocycles. The maximum absolute atomic E-state index is 13.9. The summed E-state index contributed by atoms with van der Waals surface area (Å²) in [6.07, 6.45) is 11.0. The van der Waals surface area contributed by atoms with Gasteiger partial charge in [-0.15, -0.1) is 0 Å². The zero-order valence-electron chi connectivity index (χ0n) is 29.9. The molecule has 1 aliphatic heterocycles. The molecule has 0 radical (unpaired) electrons. The first-order valence-corrected chi connectivity index (χ1v) is 19.2. The van der Waals surface area contributed by atoms with Crippen LogP contribution < -0.4 is 20.5 Å². The lowest BCUT2D eigenvalue weighted by atomic mass is 10.0. The minimum Gasteiger partial charge on any atom is -0.458 e. The van der Waals surface area contributed by atoms with Gasteiger partial charge in [-0.3, -0.25) is 19.1 Å². The lowest BCUT2D eigenvalue weighted by molar-refractivity contribution is -0.139. The van der Waals surface area contributed by atoms with Crippen LogP contribution in [0.5, 0.6) is 6.01 Å². The number of alkyl carbamates (subject to hydrolysis) is 1. The van der Waals surface area contributed by atoms with E-state index in [0.717, 1.165) is 19.3 Å². The minimum atomic E-state index is -3.54. The molecule has 5 unspecified atom stereocenters. The summed E-state index contributed by atoms with van der Waals surface area (Å²) in [6.45, 7) is 9.22. The maximum atomic E-state index is 13.9. The largest absolute Gasteiger partial charge is 0.458 e. The van der Waals surface area contributed by atoms with Crippen molar-refractivity contribution < 1.29 is 37.1 Å². The SMILES string of the molecule is CC(C)n1cnc2cnc(OC3CC(C(N)=O)N(C(=O)C(CCCCCC=CC4CC4C(=O)NS(=O)(=O)C4CC4)NC(=O)OC(C)(C)C)C3)nc21. The van der Waals surface area contributed by atoms with E-state index in [1.54, 1.807) is 33.3 Å². The topological polar surface area (TPSA) is 218 Å². The van der Waals surface area contributed by atoms with E-state index in [1.807, 2.05) is 30.6 Å². The summed E-state index contributed by atoms with van der Waals surface area (Å²) < 4.78 is 39.7. The van der Waals surface area contributed by atoms with Crippen molar-refractivity contribution >= 4 is 45.0 Å². The minimum absolute atomic E-state index is 0.0314. The number of aromatic nitrogens is 4. The smallest absolute Gasteiger partial charge is 0.408 e. The number of likely N-dealkylation sites (tertiary alicyclic amines) is 1. The van der Waals surface area contributed by atoms with E-state index in [9.17, 15) is 27.6 Å². The van der Waals surface area contributed by atoms with Crippen molar-refractivity contribution in [1.29, 1.82) is 0 Å². The standard InChI is InChI=1S/C34H50N8O8S/c1-20(2)42-19-37-26-17-36-32(39-29(26)42)49-22-16-27(28(35)43)41(18-22)31(45)25(38-33(46)50-34(3,4)5)12-10-8-6-7-9-11-21-15-24(21)30(44)40-51(47,48)23-13-14-23/h9,11,17,19-25,27H,6-8,10,12-16,18H2,1-5H3,(H2,35,43)(H,38,46)(H,40,44). The summed E-state index contributed by atoms with van der Waals surface area (Å²) in [5.74, 6) is -1.86. The summed E-state index contributed by atoms with van der Waals surface area (Å²) in [5, 5.41) is 2.27. The molecule has 4 N–H and O–H groups in total. The van der Waals surface area contributed by atoms with E-state index < -0.39 is 62.9 Å². The Bertz CT molecular complexity index is 1750. The van der Waals surface area contributed by atoms with Crippen LogP contribution in [0.1, 0.15) is 98.4 Å². The second-order valence-electron chi connectivity index (χ2n) is 15.0. The molecule has 3 fully saturated rings. The van der Waals surface area contributed by atoms with Crippen molar-refractivity contribution in [2.45, 2.75) is 127 Å². The van der Waals surface area contributed by atoms with Gasteiger partial charge >= 0.3 is 12.1 Å². The molecule has 2 aromatic rings. The van der Waals surface area contributed by atoms with E-state index in [1.165, 1.54) is 4.90 Å². The molecule has 280 valence electrons. The van der Waals surface area contributed by atoms with Gasteiger partial charge in [0.25, 0.3) is 0 Å². The number of nitrogens with two attached hydrogens (primary N) is 1. The van der Waals surface area contributed by atoms with Gasteiger partial charge in [0, 0.05) is 18.4 Å². The number of imidazole rings is 1. The van der Waals surface area contributed by atoms with E-state index in [-0.39, 0.29) is 36.9 Å². The van der Waals surface area contributed by atoms with Crippen molar-refractivity contribution in [3.8, 4) is 6.01 Å². The summed E-state index contributed by atoms with van der Waals surface area (Å²) in [5.41, 5.74) is 6.17. The summed E-state index contributed by atoms with van der Waals surface area (Å²) in [4.78, 5) is 66.0. The molecular weight excluding hydrogens is 680 g/mol. The van der Waals surface area contributed by atoms with Gasteiger partial charge in [-0.2, -0.15) is 4.98 Å². The molecule has 2 saturated carbocycles. The first kappa shape index (κ1) is 38.0. The van der Waals surface area contributed by atoms with E-state index in [0.29, 0.717) is 43.3 Å². The summed E-state index contributed by atoms with van der Waals surface area (Å²) in [6, 6.07) is -1.73. The summed E-state index contributed by atoms with van der Waals surface area (Å²) in [7, 11) is -3.54. The number of allylic oxidation sites excluding steroid dienone is 2. The number of nitrogens with zero attached hydrogens (tertiary/aromatic N) is 5. The van der Waals surface area contributed by atoms with Crippen LogP contribution in [0.2, 0.25) is 0 Å². The molecule has 5 atom stereocenters. The highest BCUT2D eigenvalue weighted by Crippen LogP contribution is 2.40. The Morgan fingerprint density at radius 1 is 1.10 bits per heavy atom. The van der Waals surface area contributed by atoms with Crippen LogP contribution in [0, 0.1) is 11.8 Å². The van der Waals surface area contributed by atoms with E-state index >= 15 is 0 Å². The van der Waals surface area contributed by atoms with Crippen LogP contribution in [0.25, 0.3) is 11.2 Å². The molecule has 17 heteroatoms. The molecule has 4 amide bonds. The van der Waals surface area contributed by atoms with Gasteiger partial charge in [0.2, 0.25) is 27.7 Å². The zero-order valence-corrected chi connectivity index (χ0v) is 30.7. The second-order valence-corrected chi connectivity index (χ2v) is 16.9. The van der Waals surface area contributed by atoms with Crippen LogP contribution in [0.15, 0.2) is 24.7 Å². The Balaban J connectivity index is 1.14. The number of ether oxygens (including phenoxy) is 2. The lowest BCUT2D eigenvalue weighted by Gasteiger charge is -2.28. The molecular formula is C34H50N8O8S. The molecule has 1 saturated heterocycles. The number of hydrogen-bond donors (Lipinski definition) is 3. The Morgan fingerprint density at radius 3 is 2.51 bits per heavy atom. The monoisotopic (exact) mass is 730 g/mol. The third-order valence-electron chi connectivity index (χ3n) is 9.11. The molecule has 5 rings (SSSR count). The molecule has 0 spiro atoms. The van der Waals surface area contributed by atoms with Gasteiger partial charge < -0.3 is 30.0 Å². The number of amides is 4. The Kier molecular flexibility index (Phi) is 11.6. The van der Waals surface area contributed by atoms with Gasteiger partial charge in [0.15, 0.2) is 5.65 Å². The van der Waals surface area contributed by atoms with Crippen LogP contribution in [-0.2, 0) is 29.1 Å². The van der Waals surface area contributed by atoms with Crippen molar-refractivity contribution in [1.82, 2.24) is 34.5 Å². The van der Waals surface area contributed by atoms with Gasteiger partial charge in [0.1, 0.15) is 29.3 Å². The normalized spacial score (nSPS) is 22.7. The molecule has 0 bridgehead atoms. The third-order valence-corrected chi connectivity index (χ3v) is 10.9. The van der Waals surface area contributed by atoms with Gasteiger partial charge in [0.05, 0.1) is 24.3 Å². The lowest BCUT2D eigenvalue weighted by Crippen LogP contribution is -2.53. The predicted octanol–water partition coefficient (Wildman–Crippen LogP) is 2.89. The molecule has 0 aromatic carbocycles. The van der Waals surface area contributed by atoms with E-state index in [4.69, 9.17) is 15.2 Å². The number of unbranched alkanes of at least 4 members (excludes halogenated alkanes) is 3. The fraction of sp³-hybridized carbons (Fsp3) is 0.676. The fourth-order valence-corrected chi connectivity index (χ4v) is 7.52. The number of carbonyl (C=O) groups excluding carboxylic acids is 4. The van der Waals surface area contributed by atoms with Crippen LogP contribution in [0.3, 0.4) is 0 Å². The van der Waals surface area contributed by atoms with Crippen LogP contribution in [0.4, 0.5) is 4.79 Å². The van der Waals surface area contributed by atoms with Gasteiger partial charge in [-0.05, 0) is 79.1 Å². The Morgan fingerprint density at radius 2 is 1.84 bits per heavy atom. The fourth-order valence-electron chi connectivity index (χ4n) is 6.16. The predicted molar refractivity (Wildman–Crippen MR) is 187 cm³/mol. The average Bonchev–Trinajstić information content (AvgIpc) is 3.95. The highest BCUT2D eigenvalue weighted by Gasteiger charge is 2.45.